The van der Waals surface area contributed by atoms with Gasteiger partial charge >= 0.3 is 6.03 Å². The normalized spacial score (nSPS) is 11.3. The first-order valence-electron chi connectivity index (χ1n) is 9.29. The first-order valence-corrected chi connectivity index (χ1v) is 9.29. The zero-order chi connectivity index (χ0) is 20.5. The van der Waals surface area contributed by atoms with Crippen molar-refractivity contribution in [2.75, 3.05) is 16.0 Å². The van der Waals surface area contributed by atoms with Crippen LogP contribution in [0.3, 0.4) is 0 Å². The molecular weight excluding hydrogens is 366 g/mol. The van der Waals surface area contributed by atoms with E-state index >= 15 is 0 Å². The van der Waals surface area contributed by atoms with E-state index in [-0.39, 0.29) is 11.9 Å². The molecule has 0 spiro atoms. The van der Waals surface area contributed by atoms with Gasteiger partial charge in [-0.25, -0.2) is 4.79 Å². The fraction of sp³-hybridized carbons (Fsp3) is 0.130. The number of para-hydroxylation sites is 1. The van der Waals surface area contributed by atoms with Gasteiger partial charge < -0.3 is 20.7 Å². The number of rotatable bonds is 7. The van der Waals surface area contributed by atoms with Crippen LogP contribution >= 0.6 is 0 Å². The Morgan fingerprint density at radius 3 is 1.79 bits per heavy atom. The standard InChI is InChI=1S/C23H23N3O3/c1-17(29-16-18-8-4-2-5-9-18)22(27)24-20-12-14-21(15-13-20)26-23(28)25-19-10-6-3-7-11-19/h2-15,17H,16H2,1H3,(H,24,27)(H2,25,26,28). The Kier molecular flexibility index (Phi) is 6.97. The first-order chi connectivity index (χ1) is 14.1. The number of nitrogens with one attached hydrogen (secondary N) is 3. The van der Waals surface area contributed by atoms with Gasteiger partial charge in [-0.15, -0.1) is 0 Å². The van der Waals surface area contributed by atoms with E-state index in [0.29, 0.717) is 23.7 Å². The lowest BCUT2D eigenvalue weighted by Gasteiger charge is -2.14. The second kappa shape index (κ2) is 10.1. The third-order valence-electron chi connectivity index (χ3n) is 4.15. The number of ether oxygens (including phenoxy) is 1. The van der Waals surface area contributed by atoms with Crippen molar-refractivity contribution in [2.24, 2.45) is 0 Å². The molecule has 0 saturated carbocycles. The molecule has 1 atom stereocenters. The molecule has 0 aromatic heterocycles. The van der Waals surface area contributed by atoms with Gasteiger partial charge in [0.15, 0.2) is 0 Å². The summed E-state index contributed by atoms with van der Waals surface area (Å²) in [6, 6.07) is 25.4. The minimum Gasteiger partial charge on any atom is -0.364 e. The van der Waals surface area contributed by atoms with Crippen molar-refractivity contribution in [3.63, 3.8) is 0 Å². The highest BCUT2D eigenvalue weighted by Gasteiger charge is 2.13. The Morgan fingerprint density at radius 2 is 1.21 bits per heavy atom. The fourth-order valence-electron chi connectivity index (χ4n) is 2.57. The van der Waals surface area contributed by atoms with Crippen molar-refractivity contribution < 1.29 is 14.3 Å². The summed E-state index contributed by atoms with van der Waals surface area (Å²) in [5.41, 5.74) is 2.96. The summed E-state index contributed by atoms with van der Waals surface area (Å²) in [7, 11) is 0. The van der Waals surface area contributed by atoms with Gasteiger partial charge in [0.2, 0.25) is 0 Å². The maximum absolute atomic E-state index is 12.3. The summed E-state index contributed by atoms with van der Waals surface area (Å²) in [5.74, 6) is -0.233. The van der Waals surface area contributed by atoms with Crippen LogP contribution in [0.25, 0.3) is 0 Å². The molecule has 148 valence electrons. The van der Waals surface area contributed by atoms with Crippen LogP contribution in [-0.4, -0.2) is 18.0 Å². The van der Waals surface area contributed by atoms with Crippen molar-refractivity contribution in [1.82, 2.24) is 0 Å². The average molecular weight is 389 g/mol. The van der Waals surface area contributed by atoms with E-state index in [1.165, 1.54) is 0 Å². The monoisotopic (exact) mass is 389 g/mol. The molecule has 6 nitrogen and oxygen atoms in total. The summed E-state index contributed by atoms with van der Waals surface area (Å²) in [6.45, 7) is 2.08. The molecule has 0 radical (unpaired) electrons. The Balaban J connectivity index is 1.46. The number of urea groups is 1. The molecule has 1 unspecified atom stereocenters. The number of hydrogen-bond acceptors (Lipinski definition) is 3. The summed E-state index contributed by atoms with van der Waals surface area (Å²) >= 11 is 0. The summed E-state index contributed by atoms with van der Waals surface area (Å²) < 4.78 is 5.62. The Morgan fingerprint density at radius 1 is 0.724 bits per heavy atom. The highest BCUT2D eigenvalue weighted by Crippen LogP contribution is 2.15. The Hall–Kier alpha value is -3.64. The number of carbonyl (C=O) groups excluding carboxylic acids is 2. The second-order valence-electron chi connectivity index (χ2n) is 6.45. The maximum Gasteiger partial charge on any atom is 0.323 e. The SMILES string of the molecule is CC(OCc1ccccc1)C(=O)Nc1ccc(NC(=O)Nc2ccccc2)cc1. The van der Waals surface area contributed by atoms with Gasteiger partial charge in [-0.1, -0.05) is 48.5 Å². The molecule has 3 N–H and O–H groups in total. The van der Waals surface area contributed by atoms with Crippen molar-refractivity contribution in [1.29, 1.82) is 0 Å². The summed E-state index contributed by atoms with van der Waals surface area (Å²) in [4.78, 5) is 24.3. The van der Waals surface area contributed by atoms with Crippen LogP contribution in [-0.2, 0) is 16.1 Å². The van der Waals surface area contributed by atoms with E-state index in [1.54, 1.807) is 43.3 Å². The van der Waals surface area contributed by atoms with Crippen LogP contribution < -0.4 is 16.0 Å². The molecule has 0 aliphatic heterocycles. The number of carbonyl (C=O) groups is 2. The number of benzene rings is 3. The summed E-state index contributed by atoms with van der Waals surface area (Å²) in [6.07, 6.45) is -0.593. The number of anilines is 3. The molecular formula is C23H23N3O3. The van der Waals surface area contributed by atoms with Crippen LogP contribution in [0.5, 0.6) is 0 Å². The van der Waals surface area contributed by atoms with Gasteiger partial charge in [-0.05, 0) is 48.9 Å². The average Bonchev–Trinajstić information content (AvgIpc) is 2.74. The molecule has 0 aliphatic carbocycles. The quantitative estimate of drug-likeness (QED) is 0.539. The van der Waals surface area contributed by atoms with Crippen molar-refractivity contribution in [2.45, 2.75) is 19.6 Å². The van der Waals surface area contributed by atoms with Gasteiger partial charge in [0, 0.05) is 17.1 Å². The van der Waals surface area contributed by atoms with E-state index in [0.717, 1.165) is 5.56 Å². The van der Waals surface area contributed by atoms with Crippen molar-refractivity contribution in [3.05, 3.63) is 90.5 Å². The minimum atomic E-state index is -0.593. The highest BCUT2D eigenvalue weighted by atomic mass is 16.5. The van der Waals surface area contributed by atoms with E-state index < -0.39 is 6.10 Å². The predicted octanol–water partition coefficient (Wildman–Crippen LogP) is 4.87. The van der Waals surface area contributed by atoms with E-state index in [1.807, 2.05) is 48.5 Å². The van der Waals surface area contributed by atoms with Crippen LogP contribution in [0.1, 0.15) is 12.5 Å². The zero-order valence-electron chi connectivity index (χ0n) is 16.1. The number of amides is 3. The molecule has 0 heterocycles. The molecule has 0 aliphatic rings. The van der Waals surface area contributed by atoms with Gasteiger partial charge in [0.25, 0.3) is 5.91 Å². The molecule has 3 aromatic carbocycles. The molecule has 3 aromatic rings. The Labute approximate surface area is 169 Å². The molecule has 29 heavy (non-hydrogen) atoms. The lowest BCUT2D eigenvalue weighted by molar-refractivity contribution is -0.127. The molecule has 0 saturated heterocycles. The lowest BCUT2D eigenvalue weighted by atomic mass is 10.2. The van der Waals surface area contributed by atoms with Gasteiger partial charge in [0.1, 0.15) is 6.10 Å². The van der Waals surface area contributed by atoms with Crippen LogP contribution in [0.2, 0.25) is 0 Å². The lowest BCUT2D eigenvalue weighted by Crippen LogP contribution is -2.27. The molecule has 3 amide bonds. The van der Waals surface area contributed by atoms with E-state index in [2.05, 4.69) is 16.0 Å². The predicted molar refractivity (Wildman–Crippen MR) is 115 cm³/mol. The second-order valence-corrected chi connectivity index (χ2v) is 6.45. The molecule has 3 rings (SSSR count). The highest BCUT2D eigenvalue weighted by molar-refractivity contribution is 6.00. The van der Waals surface area contributed by atoms with Crippen LogP contribution in [0.15, 0.2) is 84.9 Å². The van der Waals surface area contributed by atoms with Crippen molar-refractivity contribution in [3.8, 4) is 0 Å². The fourth-order valence-corrected chi connectivity index (χ4v) is 2.57. The Bertz CT molecular complexity index is 929. The number of hydrogen-bond donors (Lipinski definition) is 3. The van der Waals surface area contributed by atoms with Crippen LogP contribution in [0, 0.1) is 0 Å². The van der Waals surface area contributed by atoms with E-state index in [9.17, 15) is 9.59 Å². The largest absolute Gasteiger partial charge is 0.364 e. The molecule has 0 fully saturated rings. The third-order valence-corrected chi connectivity index (χ3v) is 4.15. The summed E-state index contributed by atoms with van der Waals surface area (Å²) in [5, 5.41) is 8.29. The minimum absolute atomic E-state index is 0.233. The van der Waals surface area contributed by atoms with Crippen LogP contribution in [0.4, 0.5) is 21.9 Å². The topological polar surface area (TPSA) is 79.5 Å². The van der Waals surface area contributed by atoms with Gasteiger partial charge in [-0.3, -0.25) is 4.79 Å². The van der Waals surface area contributed by atoms with Crippen molar-refractivity contribution >= 4 is 29.0 Å². The first kappa shape index (κ1) is 20.1. The zero-order valence-corrected chi connectivity index (χ0v) is 16.1. The maximum atomic E-state index is 12.3. The van der Waals surface area contributed by atoms with Gasteiger partial charge in [-0.2, -0.15) is 0 Å². The van der Waals surface area contributed by atoms with E-state index in [4.69, 9.17) is 4.74 Å². The molecule has 0 bridgehead atoms. The van der Waals surface area contributed by atoms with Gasteiger partial charge in [0.05, 0.1) is 6.61 Å². The third kappa shape index (κ3) is 6.48. The molecule has 6 heteroatoms. The smallest absolute Gasteiger partial charge is 0.323 e.